The Kier molecular flexibility index (Phi) is 45.8. The second-order valence-electron chi connectivity index (χ2n) is 20.8. The first kappa shape index (κ1) is 63.2. The van der Waals surface area contributed by atoms with Crippen molar-refractivity contribution in [1.82, 2.24) is 5.32 Å². The second kappa shape index (κ2) is 47.8. The molecule has 0 saturated carbocycles. The fourth-order valence-corrected chi connectivity index (χ4v) is 9.81. The number of hydrogen-bond donors (Lipinski definition) is 6. The van der Waals surface area contributed by atoms with E-state index < -0.39 is 49.5 Å². The van der Waals surface area contributed by atoms with E-state index in [0.717, 1.165) is 38.5 Å². The van der Waals surface area contributed by atoms with Crippen molar-refractivity contribution in [1.29, 1.82) is 0 Å². The van der Waals surface area contributed by atoms with Crippen molar-refractivity contribution in [3.63, 3.8) is 0 Å². The second-order valence-corrected chi connectivity index (χ2v) is 20.8. The number of unbranched alkanes of at least 4 members (excludes halogenated alkanes) is 41. The summed E-state index contributed by atoms with van der Waals surface area (Å²) in [7, 11) is 0. The average Bonchev–Trinajstić information content (AvgIpc) is 3.32. The highest BCUT2D eigenvalue weighted by Gasteiger charge is 2.44. The molecular weight excluding hydrogens is 827 g/mol. The van der Waals surface area contributed by atoms with Crippen molar-refractivity contribution in [2.75, 3.05) is 13.2 Å². The standard InChI is InChI=1S/C57H113NO8/c1-3-5-7-9-11-13-15-17-18-19-20-21-22-23-24-25-26-27-28-29-30-31-32-33-34-35-36-38-40-42-44-46-51(60)50(49-65-57-56(64)55(63)54(62)52(48-59)66-57)58-53(61)47-45-43-41-39-37-16-14-12-10-8-6-4-2/h50-52,54-57,59-60,62-64H,3-49H2,1-2H3,(H,58,61). The number of ether oxygens (including phenoxy) is 2. The minimum absolute atomic E-state index is 0.131. The molecule has 0 radical (unpaired) electrons. The fourth-order valence-electron chi connectivity index (χ4n) is 9.81. The number of rotatable bonds is 51. The van der Waals surface area contributed by atoms with Crippen molar-refractivity contribution < 1.29 is 39.8 Å². The van der Waals surface area contributed by atoms with Gasteiger partial charge in [-0.1, -0.05) is 284 Å². The van der Waals surface area contributed by atoms with Gasteiger partial charge in [0.2, 0.25) is 5.91 Å². The maximum absolute atomic E-state index is 13.0. The smallest absolute Gasteiger partial charge is 0.220 e. The molecule has 6 N–H and O–H groups in total. The first-order chi connectivity index (χ1) is 32.3. The van der Waals surface area contributed by atoms with Gasteiger partial charge in [0.05, 0.1) is 25.4 Å². The lowest BCUT2D eigenvalue weighted by atomic mass is 9.99. The summed E-state index contributed by atoms with van der Waals surface area (Å²) in [6.07, 6.45) is 50.1. The van der Waals surface area contributed by atoms with E-state index in [2.05, 4.69) is 19.2 Å². The highest BCUT2D eigenvalue weighted by molar-refractivity contribution is 5.76. The van der Waals surface area contributed by atoms with Crippen LogP contribution < -0.4 is 5.32 Å². The van der Waals surface area contributed by atoms with Crippen LogP contribution in [0.1, 0.15) is 303 Å². The van der Waals surface area contributed by atoms with E-state index in [-0.39, 0.29) is 12.5 Å². The number of hydrogen-bond acceptors (Lipinski definition) is 8. The van der Waals surface area contributed by atoms with Gasteiger partial charge in [0.1, 0.15) is 24.4 Å². The summed E-state index contributed by atoms with van der Waals surface area (Å²) in [6, 6.07) is -0.712. The molecule has 1 fully saturated rings. The number of carbonyl (C=O) groups is 1. The summed E-state index contributed by atoms with van der Waals surface area (Å²) >= 11 is 0. The van der Waals surface area contributed by atoms with Crippen LogP contribution in [0.2, 0.25) is 0 Å². The zero-order valence-corrected chi connectivity index (χ0v) is 43.7. The van der Waals surface area contributed by atoms with E-state index in [1.54, 1.807) is 0 Å². The number of nitrogens with one attached hydrogen (secondary N) is 1. The maximum Gasteiger partial charge on any atom is 0.220 e. The maximum atomic E-state index is 13.0. The van der Waals surface area contributed by atoms with Gasteiger partial charge in [0.25, 0.3) is 0 Å². The predicted molar refractivity (Wildman–Crippen MR) is 277 cm³/mol. The summed E-state index contributed by atoms with van der Waals surface area (Å²) in [5, 5.41) is 54.6. The molecule has 9 heteroatoms. The Hall–Kier alpha value is -0.810. The number of amides is 1. The summed E-state index contributed by atoms with van der Waals surface area (Å²) in [5.74, 6) is -0.139. The molecule has 1 saturated heterocycles. The molecule has 7 unspecified atom stereocenters. The molecule has 1 aliphatic heterocycles. The number of aliphatic hydroxyl groups excluding tert-OH is 5. The SMILES string of the molecule is CCCCCCCCCCCCCCCCCCCCCCCCCCCCCCCCCC(O)C(COC1OC(CO)C(O)C(O)C1O)NC(=O)CCCCCCCCCCCCCC. The van der Waals surface area contributed by atoms with Crippen LogP contribution in [0, 0.1) is 0 Å². The van der Waals surface area contributed by atoms with Crippen LogP contribution in [-0.4, -0.2) is 87.5 Å². The van der Waals surface area contributed by atoms with E-state index in [0.29, 0.717) is 12.8 Å². The molecule has 1 heterocycles. The lowest BCUT2D eigenvalue weighted by Crippen LogP contribution is -2.60. The van der Waals surface area contributed by atoms with Crippen LogP contribution in [0.25, 0.3) is 0 Å². The molecule has 0 aromatic heterocycles. The van der Waals surface area contributed by atoms with Gasteiger partial charge in [-0.25, -0.2) is 0 Å². The van der Waals surface area contributed by atoms with Gasteiger partial charge in [-0.05, 0) is 12.8 Å². The lowest BCUT2D eigenvalue weighted by molar-refractivity contribution is -0.302. The molecule has 1 rings (SSSR count). The first-order valence-electron chi connectivity index (χ1n) is 29.2. The molecule has 9 nitrogen and oxygen atoms in total. The molecule has 0 aromatic rings. The monoisotopic (exact) mass is 940 g/mol. The Morgan fingerprint density at radius 3 is 1.08 bits per heavy atom. The van der Waals surface area contributed by atoms with Crippen LogP contribution in [0.3, 0.4) is 0 Å². The molecule has 7 atom stereocenters. The van der Waals surface area contributed by atoms with E-state index >= 15 is 0 Å². The summed E-state index contributed by atoms with van der Waals surface area (Å²) in [4.78, 5) is 13.0. The van der Waals surface area contributed by atoms with Gasteiger partial charge < -0.3 is 40.3 Å². The molecular formula is C57H113NO8. The van der Waals surface area contributed by atoms with Gasteiger partial charge in [-0.15, -0.1) is 0 Å². The van der Waals surface area contributed by atoms with Crippen molar-refractivity contribution in [3.8, 4) is 0 Å². The van der Waals surface area contributed by atoms with E-state index in [1.165, 1.54) is 238 Å². The van der Waals surface area contributed by atoms with E-state index in [9.17, 15) is 30.3 Å². The average molecular weight is 941 g/mol. The number of carbonyl (C=O) groups excluding carboxylic acids is 1. The van der Waals surface area contributed by atoms with Crippen molar-refractivity contribution in [3.05, 3.63) is 0 Å². The van der Waals surface area contributed by atoms with Crippen LogP contribution in [0.5, 0.6) is 0 Å². The van der Waals surface area contributed by atoms with Gasteiger partial charge >= 0.3 is 0 Å². The third-order valence-corrected chi connectivity index (χ3v) is 14.5. The lowest BCUT2D eigenvalue weighted by Gasteiger charge is -2.40. The summed E-state index contributed by atoms with van der Waals surface area (Å²) < 4.78 is 11.3. The zero-order chi connectivity index (χ0) is 48.0. The largest absolute Gasteiger partial charge is 0.394 e. The Bertz CT molecular complexity index is 1000. The Morgan fingerprint density at radius 1 is 0.455 bits per heavy atom. The molecule has 1 amide bonds. The predicted octanol–water partition coefficient (Wildman–Crippen LogP) is 14.2. The third-order valence-electron chi connectivity index (χ3n) is 14.5. The summed E-state index contributed by atoms with van der Waals surface area (Å²) in [5.41, 5.74) is 0. The Labute approximate surface area is 408 Å². The van der Waals surface area contributed by atoms with Gasteiger partial charge in [-0.2, -0.15) is 0 Å². The molecule has 0 aliphatic carbocycles. The molecule has 0 spiro atoms. The molecule has 0 aromatic carbocycles. The van der Waals surface area contributed by atoms with Crippen LogP contribution >= 0.6 is 0 Å². The molecule has 0 bridgehead atoms. The molecule has 394 valence electrons. The van der Waals surface area contributed by atoms with Gasteiger partial charge in [0, 0.05) is 6.42 Å². The van der Waals surface area contributed by atoms with Crippen LogP contribution in [0.15, 0.2) is 0 Å². The van der Waals surface area contributed by atoms with Crippen molar-refractivity contribution in [2.24, 2.45) is 0 Å². The molecule has 1 aliphatic rings. The Balaban J connectivity index is 2.09. The minimum Gasteiger partial charge on any atom is -0.394 e. The highest BCUT2D eigenvalue weighted by atomic mass is 16.7. The summed E-state index contributed by atoms with van der Waals surface area (Å²) in [6.45, 7) is 3.87. The quantitative estimate of drug-likeness (QED) is 0.0330. The zero-order valence-electron chi connectivity index (χ0n) is 43.7. The normalized spacial score (nSPS) is 19.7. The van der Waals surface area contributed by atoms with Crippen LogP contribution in [-0.2, 0) is 14.3 Å². The van der Waals surface area contributed by atoms with Gasteiger partial charge in [0.15, 0.2) is 6.29 Å². The molecule has 66 heavy (non-hydrogen) atoms. The fraction of sp³-hybridized carbons (Fsp3) is 0.982. The van der Waals surface area contributed by atoms with Crippen molar-refractivity contribution >= 4 is 5.91 Å². The van der Waals surface area contributed by atoms with E-state index in [1.807, 2.05) is 0 Å². The van der Waals surface area contributed by atoms with Crippen molar-refractivity contribution in [2.45, 2.75) is 346 Å². The van der Waals surface area contributed by atoms with E-state index in [4.69, 9.17) is 9.47 Å². The minimum atomic E-state index is -1.55. The Morgan fingerprint density at radius 2 is 0.758 bits per heavy atom. The topological polar surface area (TPSA) is 149 Å². The third kappa shape index (κ3) is 37.1. The first-order valence-corrected chi connectivity index (χ1v) is 29.2. The van der Waals surface area contributed by atoms with Gasteiger partial charge in [-0.3, -0.25) is 4.79 Å². The highest BCUT2D eigenvalue weighted by Crippen LogP contribution is 2.23. The van der Waals surface area contributed by atoms with Crippen LogP contribution in [0.4, 0.5) is 0 Å². The number of aliphatic hydroxyl groups is 5.